The van der Waals surface area contributed by atoms with Crippen molar-refractivity contribution in [2.75, 3.05) is 38.3 Å². The Labute approximate surface area is 267 Å². The van der Waals surface area contributed by atoms with E-state index in [9.17, 15) is 24.8 Å². The molecule has 3 aliphatic rings. The standard InChI is InChI=1S/C35H38N4O7/c1-45-29-13-8-24(9-14-29)20-32-35(42)38(22-25-6-11-28(40)12-7-25)33(26-4-2-3-5-26)23-37(32)30-15-10-27(21-31(30)39(43)44)34(41)36-16-18-46-19-17-36/h6-15,21,23,26,32,40H,2-5,16-20,22H2,1H3/t32-/m0/s1. The molecular formula is C35H38N4O7. The van der Waals surface area contributed by atoms with Crippen LogP contribution in [0.3, 0.4) is 0 Å². The maximum Gasteiger partial charge on any atom is 0.293 e. The number of methoxy groups -OCH3 is 1. The number of carbonyl (C=O) groups excluding carboxylic acids is 2. The molecule has 3 aromatic carbocycles. The summed E-state index contributed by atoms with van der Waals surface area (Å²) in [4.78, 5) is 45.2. The minimum Gasteiger partial charge on any atom is -0.508 e. The van der Waals surface area contributed by atoms with Gasteiger partial charge in [-0.25, -0.2) is 0 Å². The lowest BCUT2D eigenvalue weighted by molar-refractivity contribution is -0.384. The van der Waals surface area contributed by atoms with E-state index in [-0.39, 0.29) is 46.8 Å². The summed E-state index contributed by atoms with van der Waals surface area (Å²) in [5.74, 6) is 0.489. The van der Waals surface area contributed by atoms with Crippen LogP contribution >= 0.6 is 0 Å². The fourth-order valence-corrected chi connectivity index (χ4v) is 6.61. The molecule has 0 radical (unpaired) electrons. The zero-order chi connectivity index (χ0) is 32.2. The Kier molecular flexibility index (Phi) is 9.20. The van der Waals surface area contributed by atoms with E-state index in [1.54, 1.807) is 53.3 Å². The maximum absolute atomic E-state index is 14.7. The van der Waals surface area contributed by atoms with Gasteiger partial charge >= 0.3 is 0 Å². The minimum atomic E-state index is -0.796. The molecule has 0 unspecified atom stereocenters. The second-order valence-corrected chi connectivity index (χ2v) is 12.0. The number of hydrogen-bond donors (Lipinski definition) is 1. The number of hydrogen-bond acceptors (Lipinski definition) is 8. The third-order valence-corrected chi connectivity index (χ3v) is 9.10. The number of anilines is 1. The number of ether oxygens (including phenoxy) is 2. The lowest BCUT2D eigenvalue weighted by Crippen LogP contribution is -2.53. The van der Waals surface area contributed by atoms with Crippen LogP contribution in [0.5, 0.6) is 11.5 Å². The lowest BCUT2D eigenvalue weighted by atomic mass is 9.94. The van der Waals surface area contributed by atoms with Crippen molar-refractivity contribution < 1.29 is 29.1 Å². The Morgan fingerprint density at radius 1 is 1.00 bits per heavy atom. The zero-order valence-electron chi connectivity index (χ0n) is 25.8. The average Bonchev–Trinajstić information content (AvgIpc) is 3.63. The van der Waals surface area contributed by atoms with Crippen LogP contribution < -0.4 is 9.64 Å². The Morgan fingerprint density at radius 3 is 2.33 bits per heavy atom. The monoisotopic (exact) mass is 626 g/mol. The topological polar surface area (TPSA) is 126 Å². The van der Waals surface area contributed by atoms with Crippen molar-refractivity contribution in [3.05, 3.63) is 105 Å². The number of aromatic hydroxyl groups is 1. The minimum absolute atomic E-state index is 0.117. The number of nitro benzene ring substituents is 1. The van der Waals surface area contributed by atoms with Gasteiger partial charge in [0, 0.05) is 49.0 Å². The van der Waals surface area contributed by atoms with Gasteiger partial charge in [0.15, 0.2) is 0 Å². The van der Waals surface area contributed by atoms with E-state index >= 15 is 0 Å². The van der Waals surface area contributed by atoms with Crippen molar-refractivity contribution in [1.29, 1.82) is 0 Å². The predicted octanol–water partition coefficient (Wildman–Crippen LogP) is 5.27. The first-order valence-electron chi connectivity index (χ1n) is 15.7. The first-order chi connectivity index (χ1) is 22.3. The Morgan fingerprint density at radius 2 is 1.67 bits per heavy atom. The largest absolute Gasteiger partial charge is 0.508 e. The summed E-state index contributed by atoms with van der Waals surface area (Å²) in [7, 11) is 1.59. The number of carbonyl (C=O) groups is 2. The molecule has 2 fully saturated rings. The molecule has 46 heavy (non-hydrogen) atoms. The van der Waals surface area contributed by atoms with E-state index in [0.29, 0.717) is 38.6 Å². The van der Waals surface area contributed by atoms with E-state index in [2.05, 4.69) is 0 Å². The summed E-state index contributed by atoms with van der Waals surface area (Å²) in [6.07, 6.45) is 6.11. The van der Waals surface area contributed by atoms with Crippen LogP contribution in [0.15, 0.2) is 78.6 Å². The molecule has 2 amide bonds. The number of benzene rings is 3. The first-order valence-corrected chi connectivity index (χ1v) is 15.7. The molecule has 6 rings (SSSR count). The molecule has 240 valence electrons. The van der Waals surface area contributed by atoms with E-state index < -0.39 is 11.0 Å². The van der Waals surface area contributed by atoms with Gasteiger partial charge in [0.05, 0.1) is 31.8 Å². The highest BCUT2D eigenvalue weighted by atomic mass is 16.6. The fraction of sp³-hybridized carbons (Fsp3) is 0.371. The van der Waals surface area contributed by atoms with Gasteiger partial charge < -0.3 is 29.3 Å². The number of phenols is 1. The zero-order valence-corrected chi connectivity index (χ0v) is 25.8. The first kappa shape index (κ1) is 31.1. The van der Waals surface area contributed by atoms with Crippen LogP contribution in [0.1, 0.15) is 47.2 Å². The number of morpholine rings is 1. The molecule has 0 aromatic heterocycles. The molecule has 1 aliphatic carbocycles. The van der Waals surface area contributed by atoms with Crippen molar-refractivity contribution in [2.45, 2.75) is 44.7 Å². The molecular weight excluding hydrogens is 588 g/mol. The van der Waals surface area contributed by atoms with Gasteiger partial charge in [0.1, 0.15) is 23.2 Å². The van der Waals surface area contributed by atoms with E-state index in [1.165, 1.54) is 6.07 Å². The number of nitro groups is 1. The molecule has 11 heteroatoms. The molecule has 1 saturated heterocycles. The summed E-state index contributed by atoms with van der Waals surface area (Å²) < 4.78 is 10.7. The number of allylic oxidation sites excluding steroid dienone is 1. The second-order valence-electron chi connectivity index (χ2n) is 12.0. The maximum atomic E-state index is 14.7. The lowest BCUT2D eigenvalue weighted by Gasteiger charge is -2.42. The van der Waals surface area contributed by atoms with Crippen LogP contribution in [0, 0.1) is 16.0 Å². The predicted molar refractivity (Wildman–Crippen MR) is 171 cm³/mol. The number of phenolic OH excluding ortho intramolecular Hbond substituents is 1. The van der Waals surface area contributed by atoms with Gasteiger partial charge in [0.25, 0.3) is 17.5 Å². The van der Waals surface area contributed by atoms with Gasteiger partial charge in [-0.05, 0) is 60.4 Å². The van der Waals surface area contributed by atoms with Crippen molar-refractivity contribution in [1.82, 2.24) is 9.80 Å². The average molecular weight is 627 g/mol. The van der Waals surface area contributed by atoms with Gasteiger partial charge in [0.2, 0.25) is 0 Å². The molecule has 1 N–H and O–H groups in total. The van der Waals surface area contributed by atoms with Gasteiger partial charge in [-0.15, -0.1) is 0 Å². The molecule has 0 spiro atoms. The smallest absolute Gasteiger partial charge is 0.293 e. The van der Waals surface area contributed by atoms with Crippen molar-refractivity contribution in [3.8, 4) is 11.5 Å². The van der Waals surface area contributed by atoms with Crippen LogP contribution in [-0.2, 0) is 22.5 Å². The highest BCUT2D eigenvalue weighted by Crippen LogP contribution is 2.41. The van der Waals surface area contributed by atoms with E-state index in [4.69, 9.17) is 9.47 Å². The Bertz CT molecular complexity index is 1610. The van der Waals surface area contributed by atoms with Crippen molar-refractivity contribution in [3.63, 3.8) is 0 Å². The number of amides is 2. The molecule has 1 atom stereocenters. The quantitative estimate of drug-likeness (QED) is 0.252. The van der Waals surface area contributed by atoms with E-state index in [1.807, 2.05) is 35.4 Å². The molecule has 2 aliphatic heterocycles. The second kappa shape index (κ2) is 13.6. The summed E-state index contributed by atoms with van der Waals surface area (Å²) >= 11 is 0. The molecule has 3 aromatic rings. The Hall–Kier alpha value is -4.90. The summed E-state index contributed by atoms with van der Waals surface area (Å²) in [5.41, 5.74) is 2.80. The van der Waals surface area contributed by atoms with Crippen LogP contribution in [0.2, 0.25) is 0 Å². The summed E-state index contributed by atoms with van der Waals surface area (Å²) in [6, 6.07) is 18.0. The summed E-state index contributed by atoms with van der Waals surface area (Å²) in [6.45, 7) is 1.99. The van der Waals surface area contributed by atoms with E-state index in [0.717, 1.165) is 42.5 Å². The fourth-order valence-electron chi connectivity index (χ4n) is 6.61. The van der Waals surface area contributed by atoms with Gasteiger partial charge in [-0.1, -0.05) is 37.1 Å². The molecule has 0 bridgehead atoms. The van der Waals surface area contributed by atoms with Crippen LogP contribution in [-0.4, -0.2) is 71.1 Å². The highest BCUT2D eigenvalue weighted by molar-refractivity contribution is 5.97. The molecule has 2 heterocycles. The SMILES string of the molecule is COc1ccc(C[C@H]2C(=O)N(Cc3ccc(O)cc3)C(C3CCCC3)=CN2c2ccc(C(=O)N3CCOCC3)cc2[N+](=O)[O-])cc1. The number of nitrogens with zero attached hydrogens (tertiary/aromatic N) is 4. The van der Waals surface area contributed by atoms with Gasteiger partial charge in [-0.2, -0.15) is 0 Å². The van der Waals surface area contributed by atoms with Crippen molar-refractivity contribution in [2.24, 2.45) is 5.92 Å². The highest BCUT2D eigenvalue weighted by Gasteiger charge is 2.41. The number of rotatable bonds is 9. The normalized spacial score (nSPS) is 18.9. The molecule has 11 nitrogen and oxygen atoms in total. The molecule has 1 saturated carbocycles. The third-order valence-electron chi connectivity index (χ3n) is 9.10. The summed E-state index contributed by atoms with van der Waals surface area (Å²) in [5, 5.41) is 22.4. The van der Waals surface area contributed by atoms with Crippen LogP contribution in [0.4, 0.5) is 11.4 Å². The van der Waals surface area contributed by atoms with Crippen LogP contribution in [0.25, 0.3) is 0 Å². The van der Waals surface area contributed by atoms with Gasteiger partial charge in [-0.3, -0.25) is 19.7 Å². The Balaban J connectivity index is 1.44. The van der Waals surface area contributed by atoms with Crippen molar-refractivity contribution >= 4 is 23.2 Å². The third kappa shape index (κ3) is 6.55.